The van der Waals surface area contributed by atoms with Gasteiger partial charge in [0.2, 0.25) is 0 Å². The first-order chi connectivity index (χ1) is 12.0. The van der Waals surface area contributed by atoms with Crippen molar-refractivity contribution in [2.45, 2.75) is 49.0 Å². The molecular weight excluding hydrogens is 344 g/mol. The summed E-state index contributed by atoms with van der Waals surface area (Å²) in [5.41, 5.74) is 0.435. The van der Waals surface area contributed by atoms with Gasteiger partial charge in [0.05, 0.1) is 5.60 Å². The van der Waals surface area contributed by atoms with Crippen LogP contribution >= 0.6 is 23.5 Å². The first kappa shape index (κ1) is 19.9. The molecule has 0 saturated heterocycles. The largest absolute Gasteiger partial charge is 0.385 e. The van der Waals surface area contributed by atoms with E-state index in [1.165, 1.54) is 10.5 Å². The summed E-state index contributed by atoms with van der Waals surface area (Å²) in [5.74, 6) is 0. The van der Waals surface area contributed by atoms with Crippen LogP contribution in [0.5, 0.6) is 0 Å². The summed E-state index contributed by atoms with van der Waals surface area (Å²) in [6.45, 7) is 6.10. The summed E-state index contributed by atoms with van der Waals surface area (Å²) in [6.07, 6.45) is 3.76. The number of aliphatic hydroxyl groups is 1. The number of benzene rings is 2. The summed E-state index contributed by atoms with van der Waals surface area (Å²) >= 11 is 3.30. The van der Waals surface area contributed by atoms with Crippen molar-refractivity contribution in [2.24, 2.45) is 0 Å². The van der Waals surface area contributed by atoms with E-state index < -0.39 is 5.60 Å². The SMILES string of the molecule is CC(C)=CCCC(C)(O)/C(=C/Sc1ccccc1)Sc1ccccc1. The van der Waals surface area contributed by atoms with E-state index in [1.807, 2.05) is 43.3 Å². The number of allylic oxidation sites excluding steroid dienone is 2. The Morgan fingerprint density at radius 2 is 1.52 bits per heavy atom. The lowest BCUT2D eigenvalue weighted by Gasteiger charge is -2.26. The maximum atomic E-state index is 11.1. The third-order valence-corrected chi connectivity index (χ3v) is 6.06. The van der Waals surface area contributed by atoms with Crippen LogP contribution in [0.2, 0.25) is 0 Å². The first-order valence-electron chi connectivity index (χ1n) is 8.48. The molecule has 0 radical (unpaired) electrons. The molecule has 0 heterocycles. The van der Waals surface area contributed by atoms with E-state index in [0.29, 0.717) is 6.42 Å². The fourth-order valence-corrected chi connectivity index (χ4v) is 4.28. The lowest BCUT2D eigenvalue weighted by atomic mass is 9.99. The van der Waals surface area contributed by atoms with Crippen molar-refractivity contribution in [3.8, 4) is 0 Å². The van der Waals surface area contributed by atoms with Crippen LogP contribution in [0.4, 0.5) is 0 Å². The Morgan fingerprint density at radius 1 is 0.960 bits per heavy atom. The van der Waals surface area contributed by atoms with Crippen LogP contribution in [0, 0.1) is 0 Å². The molecule has 2 aromatic rings. The number of hydrogen-bond acceptors (Lipinski definition) is 3. The molecule has 0 spiro atoms. The van der Waals surface area contributed by atoms with Gasteiger partial charge in [-0.1, -0.05) is 71.6 Å². The molecule has 0 aliphatic carbocycles. The van der Waals surface area contributed by atoms with Crippen molar-refractivity contribution in [1.82, 2.24) is 0 Å². The van der Waals surface area contributed by atoms with Crippen LogP contribution < -0.4 is 0 Å². The van der Waals surface area contributed by atoms with Crippen molar-refractivity contribution in [3.63, 3.8) is 0 Å². The Morgan fingerprint density at radius 3 is 2.08 bits per heavy atom. The van der Waals surface area contributed by atoms with Crippen LogP contribution in [0.3, 0.4) is 0 Å². The van der Waals surface area contributed by atoms with Gasteiger partial charge in [-0.2, -0.15) is 0 Å². The normalized spacial score (nSPS) is 14.0. The molecule has 1 nitrogen and oxygen atoms in total. The summed E-state index contributed by atoms with van der Waals surface area (Å²) in [4.78, 5) is 3.30. The topological polar surface area (TPSA) is 20.2 Å². The standard InChI is InChI=1S/C22H26OS2/c1-18(2)11-10-16-22(3,23)21(25-20-14-8-5-9-15-20)17-24-19-12-6-4-7-13-19/h4-9,11-15,17,23H,10,16H2,1-3H3/b21-17-. The van der Waals surface area contributed by atoms with Gasteiger partial charge in [0.25, 0.3) is 0 Å². The minimum absolute atomic E-state index is 0.708. The van der Waals surface area contributed by atoms with E-state index >= 15 is 0 Å². The second kappa shape index (κ2) is 9.91. The van der Waals surface area contributed by atoms with Crippen LogP contribution in [-0.4, -0.2) is 10.7 Å². The van der Waals surface area contributed by atoms with Crippen LogP contribution in [0.1, 0.15) is 33.6 Å². The van der Waals surface area contributed by atoms with Gasteiger partial charge < -0.3 is 5.11 Å². The van der Waals surface area contributed by atoms with Gasteiger partial charge in [-0.3, -0.25) is 0 Å². The first-order valence-corrected chi connectivity index (χ1v) is 10.2. The lowest BCUT2D eigenvalue weighted by Crippen LogP contribution is -2.25. The molecule has 0 fully saturated rings. The fraction of sp³-hybridized carbons (Fsp3) is 0.273. The van der Waals surface area contributed by atoms with Gasteiger partial charge in [-0.15, -0.1) is 0 Å². The molecule has 132 valence electrons. The third-order valence-electron chi connectivity index (χ3n) is 3.73. The van der Waals surface area contributed by atoms with E-state index in [4.69, 9.17) is 0 Å². The number of rotatable bonds is 8. The minimum atomic E-state index is -0.853. The predicted octanol–water partition coefficient (Wildman–Crippen LogP) is 6.91. The molecule has 1 N–H and O–H groups in total. The lowest BCUT2D eigenvalue weighted by molar-refractivity contribution is 0.0992. The molecule has 0 aliphatic heterocycles. The molecule has 25 heavy (non-hydrogen) atoms. The summed E-state index contributed by atoms with van der Waals surface area (Å²) < 4.78 is 0. The highest BCUT2D eigenvalue weighted by Gasteiger charge is 2.26. The molecular formula is C22H26OS2. The van der Waals surface area contributed by atoms with E-state index in [1.54, 1.807) is 23.5 Å². The van der Waals surface area contributed by atoms with Gasteiger partial charge in [0, 0.05) is 14.7 Å². The maximum Gasteiger partial charge on any atom is 0.0938 e. The summed E-state index contributed by atoms with van der Waals surface area (Å²) in [6, 6.07) is 20.5. The Hall–Kier alpha value is -1.42. The zero-order valence-corrected chi connectivity index (χ0v) is 16.7. The average Bonchev–Trinajstić information content (AvgIpc) is 2.59. The smallest absolute Gasteiger partial charge is 0.0938 e. The molecule has 0 amide bonds. The van der Waals surface area contributed by atoms with Gasteiger partial charge in [-0.05, 0) is 63.3 Å². The van der Waals surface area contributed by atoms with Crippen molar-refractivity contribution in [1.29, 1.82) is 0 Å². The quantitative estimate of drug-likeness (QED) is 0.403. The Bertz CT molecular complexity index is 699. The number of thioether (sulfide) groups is 2. The predicted molar refractivity (Wildman–Crippen MR) is 112 cm³/mol. The molecule has 0 aromatic heterocycles. The molecule has 1 unspecified atom stereocenters. The van der Waals surface area contributed by atoms with E-state index in [2.05, 4.69) is 49.6 Å². The summed E-state index contributed by atoms with van der Waals surface area (Å²) in [5, 5.41) is 13.2. The molecule has 2 rings (SSSR count). The second-order valence-corrected chi connectivity index (χ2v) is 8.48. The number of hydrogen-bond donors (Lipinski definition) is 1. The second-order valence-electron chi connectivity index (χ2n) is 6.42. The molecule has 3 heteroatoms. The van der Waals surface area contributed by atoms with E-state index in [9.17, 15) is 5.11 Å². The molecule has 1 atom stereocenters. The minimum Gasteiger partial charge on any atom is -0.385 e. The average molecular weight is 371 g/mol. The molecule has 0 aliphatic rings. The third kappa shape index (κ3) is 7.15. The van der Waals surface area contributed by atoms with Crippen molar-refractivity contribution in [2.75, 3.05) is 0 Å². The monoisotopic (exact) mass is 370 g/mol. The van der Waals surface area contributed by atoms with E-state index in [0.717, 1.165) is 16.2 Å². The van der Waals surface area contributed by atoms with Gasteiger partial charge >= 0.3 is 0 Å². The Kier molecular flexibility index (Phi) is 7.89. The van der Waals surface area contributed by atoms with Gasteiger partial charge in [-0.25, -0.2) is 0 Å². The highest BCUT2D eigenvalue weighted by atomic mass is 32.2. The Labute approximate surface area is 160 Å². The molecule has 0 saturated carbocycles. The molecule has 2 aromatic carbocycles. The van der Waals surface area contributed by atoms with Crippen molar-refractivity contribution in [3.05, 3.63) is 82.6 Å². The zero-order valence-electron chi connectivity index (χ0n) is 15.1. The van der Waals surface area contributed by atoms with Crippen LogP contribution in [0.15, 0.2) is 92.4 Å². The van der Waals surface area contributed by atoms with E-state index in [-0.39, 0.29) is 0 Å². The maximum absolute atomic E-state index is 11.1. The van der Waals surface area contributed by atoms with Gasteiger partial charge in [0.1, 0.15) is 0 Å². The van der Waals surface area contributed by atoms with Crippen molar-refractivity contribution < 1.29 is 5.11 Å². The Balaban J connectivity index is 2.19. The zero-order chi connectivity index (χ0) is 18.1. The summed E-state index contributed by atoms with van der Waals surface area (Å²) in [7, 11) is 0. The highest BCUT2D eigenvalue weighted by molar-refractivity contribution is 8.06. The van der Waals surface area contributed by atoms with Crippen LogP contribution in [0.25, 0.3) is 0 Å². The highest BCUT2D eigenvalue weighted by Crippen LogP contribution is 2.39. The molecule has 0 bridgehead atoms. The fourth-order valence-electron chi connectivity index (χ4n) is 2.26. The van der Waals surface area contributed by atoms with Crippen LogP contribution in [-0.2, 0) is 0 Å². The van der Waals surface area contributed by atoms with Crippen molar-refractivity contribution >= 4 is 23.5 Å². The van der Waals surface area contributed by atoms with Gasteiger partial charge in [0.15, 0.2) is 0 Å².